The first-order chi connectivity index (χ1) is 9.32. The van der Waals surface area contributed by atoms with Gasteiger partial charge in [0.2, 0.25) is 0 Å². The molecule has 0 spiro atoms. The van der Waals surface area contributed by atoms with Gasteiger partial charge in [0.15, 0.2) is 6.10 Å². The molecule has 0 aliphatic heterocycles. The molecule has 1 aliphatic rings. The highest BCUT2D eigenvalue weighted by atomic mass is 19.4. The SMILES string of the molecule is COc1ccc2c(c1)CCC(OC(C)C(F)(F)F)C2N. The number of rotatable bonds is 3. The first-order valence-electron chi connectivity index (χ1n) is 6.47. The van der Waals surface area contributed by atoms with E-state index >= 15 is 0 Å². The maximum atomic E-state index is 12.5. The molecule has 3 nitrogen and oxygen atoms in total. The van der Waals surface area contributed by atoms with Crippen molar-refractivity contribution in [1.29, 1.82) is 0 Å². The third-order valence-corrected chi connectivity index (χ3v) is 3.65. The largest absolute Gasteiger partial charge is 0.497 e. The van der Waals surface area contributed by atoms with Crippen LogP contribution in [0.2, 0.25) is 0 Å². The van der Waals surface area contributed by atoms with E-state index in [2.05, 4.69) is 0 Å². The fourth-order valence-corrected chi connectivity index (χ4v) is 2.42. The van der Waals surface area contributed by atoms with Gasteiger partial charge in [-0.15, -0.1) is 0 Å². The fourth-order valence-electron chi connectivity index (χ4n) is 2.42. The molecule has 0 amide bonds. The molecule has 0 fully saturated rings. The number of aryl methyl sites for hydroxylation is 1. The predicted molar refractivity (Wildman–Crippen MR) is 68.6 cm³/mol. The molecule has 20 heavy (non-hydrogen) atoms. The van der Waals surface area contributed by atoms with Crippen molar-refractivity contribution in [1.82, 2.24) is 0 Å². The molecular weight excluding hydrogens is 271 g/mol. The van der Waals surface area contributed by atoms with E-state index in [0.717, 1.165) is 23.8 Å². The van der Waals surface area contributed by atoms with Crippen LogP contribution in [0.4, 0.5) is 13.2 Å². The smallest absolute Gasteiger partial charge is 0.414 e. The van der Waals surface area contributed by atoms with E-state index in [1.807, 2.05) is 6.07 Å². The first kappa shape index (κ1) is 15.1. The lowest BCUT2D eigenvalue weighted by atomic mass is 9.86. The van der Waals surface area contributed by atoms with Gasteiger partial charge in [-0.05, 0) is 43.0 Å². The van der Waals surface area contributed by atoms with E-state index in [4.69, 9.17) is 15.2 Å². The number of benzene rings is 1. The Kier molecular flexibility index (Phi) is 4.25. The molecule has 1 aliphatic carbocycles. The molecule has 1 aromatic rings. The lowest BCUT2D eigenvalue weighted by Gasteiger charge is -2.33. The average Bonchev–Trinajstić information content (AvgIpc) is 2.40. The molecule has 6 heteroatoms. The number of hydrogen-bond acceptors (Lipinski definition) is 3. The highest BCUT2D eigenvalue weighted by molar-refractivity contribution is 5.39. The molecule has 3 atom stereocenters. The van der Waals surface area contributed by atoms with Crippen molar-refractivity contribution in [3.05, 3.63) is 29.3 Å². The highest BCUT2D eigenvalue weighted by Gasteiger charge is 2.40. The van der Waals surface area contributed by atoms with Gasteiger partial charge in [-0.1, -0.05) is 6.07 Å². The van der Waals surface area contributed by atoms with Crippen molar-refractivity contribution < 1.29 is 22.6 Å². The monoisotopic (exact) mass is 289 g/mol. The van der Waals surface area contributed by atoms with E-state index in [9.17, 15) is 13.2 Å². The van der Waals surface area contributed by atoms with Gasteiger partial charge in [0.25, 0.3) is 0 Å². The number of halogens is 3. The van der Waals surface area contributed by atoms with Crippen LogP contribution in [0.1, 0.15) is 30.5 Å². The van der Waals surface area contributed by atoms with Crippen LogP contribution in [0.25, 0.3) is 0 Å². The fraction of sp³-hybridized carbons (Fsp3) is 0.571. The van der Waals surface area contributed by atoms with E-state index < -0.39 is 24.4 Å². The molecule has 0 saturated heterocycles. The van der Waals surface area contributed by atoms with Gasteiger partial charge >= 0.3 is 6.18 Å². The van der Waals surface area contributed by atoms with Crippen LogP contribution in [0.15, 0.2) is 18.2 Å². The van der Waals surface area contributed by atoms with Crippen LogP contribution in [0.3, 0.4) is 0 Å². The molecule has 3 unspecified atom stereocenters. The van der Waals surface area contributed by atoms with Crippen molar-refractivity contribution in [3.63, 3.8) is 0 Å². The Morgan fingerprint density at radius 2 is 2.05 bits per heavy atom. The Balaban J connectivity index is 2.13. The van der Waals surface area contributed by atoms with E-state index in [1.165, 1.54) is 0 Å². The van der Waals surface area contributed by atoms with Gasteiger partial charge in [0.1, 0.15) is 5.75 Å². The molecule has 1 aromatic carbocycles. The summed E-state index contributed by atoms with van der Waals surface area (Å²) in [5.74, 6) is 0.721. The number of nitrogens with two attached hydrogens (primary N) is 1. The minimum absolute atomic E-state index is 0.474. The summed E-state index contributed by atoms with van der Waals surface area (Å²) in [5.41, 5.74) is 7.88. The quantitative estimate of drug-likeness (QED) is 0.930. The summed E-state index contributed by atoms with van der Waals surface area (Å²) >= 11 is 0. The molecule has 0 radical (unpaired) electrons. The zero-order valence-corrected chi connectivity index (χ0v) is 11.4. The summed E-state index contributed by atoms with van der Waals surface area (Å²) in [6.45, 7) is 1.01. The van der Waals surface area contributed by atoms with Crippen molar-refractivity contribution >= 4 is 0 Å². The highest BCUT2D eigenvalue weighted by Crippen LogP contribution is 2.34. The summed E-state index contributed by atoms with van der Waals surface area (Å²) in [6, 6.07) is 4.88. The second-order valence-electron chi connectivity index (χ2n) is 4.99. The maximum absolute atomic E-state index is 12.5. The van der Waals surface area contributed by atoms with E-state index in [1.54, 1.807) is 19.2 Å². The molecule has 0 bridgehead atoms. The number of fused-ring (bicyclic) bond motifs is 1. The summed E-state index contributed by atoms with van der Waals surface area (Å²) in [5, 5.41) is 0. The van der Waals surface area contributed by atoms with Crippen molar-refractivity contribution in [3.8, 4) is 5.75 Å². The summed E-state index contributed by atoms with van der Waals surface area (Å²) < 4.78 is 47.9. The molecule has 0 saturated carbocycles. The first-order valence-corrected chi connectivity index (χ1v) is 6.47. The molecular formula is C14H18F3NO2. The van der Waals surface area contributed by atoms with Crippen molar-refractivity contribution in [2.45, 2.75) is 44.2 Å². The number of methoxy groups -OCH3 is 1. The minimum Gasteiger partial charge on any atom is -0.497 e. The summed E-state index contributed by atoms with van der Waals surface area (Å²) in [6.07, 6.45) is -5.68. The van der Waals surface area contributed by atoms with E-state index in [-0.39, 0.29) is 0 Å². The zero-order valence-electron chi connectivity index (χ0n) is 11.4. The van der Waals surface area contributed by atoms with Crippen molar-refractivity contribution in [2.24, 2.45) is 5.73 Å². The van der Waals surface area contributed by atoms with Crippen molar-refractivity contribution in [2.75, 3.05) is 7.11 Å². The Morgan fingerprint density at radius 3 is 2.65 bits per heavy atom. The Labute approximate surface area is 115 Å². The number of alkyl halides is 3. The van der Waals surface area contributed by atoms with Crippen LogP contribution in [-0.4, -0.2) is 25.5 Å². The summed E-state index contributed by atoms with van der Waals surface area (Å²) in [4.78, 5) is 0. The van der Waals surface area contributed by atoms with Crippen LogP contribution >= 0.6 is 0 Å². The minimum atomic E-state index is -4.36. The third kappa shape index (κ3) is 3.07. The van der Waals surface area contributed by atoms with Gasteiger partial charge in [-0.2, -0.15) is 13.2 Å². The predicted octanol–water partition coefficient (Wildman–Crippen LogP) is 2.98. The Bertz CT molecular complexity index is 476. The van der Waals surface area contributed by atoms with Gasteiger partial charge < -0.3 is 15.2 Å². The topological polar surface area (TPSA) is 44.5 Å². The van der Waals surface area contributed by atoms with E-state index in [0.29, 0.717) is 12.8 Å². The van der Waals surface area contributed by atoms with Crippen LogP contribution < -0.4 is 10.5 Å². The molecule has 2 rings (SSSR count). The molecule has 0 aromatic heterocycles. The van der Waals surface area contributed by atoms with Gasteiger partial charge in [0, 0.05) is 0 Å². The Hall–Kier alpha value is -1.27. The second kappa shape index (κ2) is 5.61. The average molecular weight is 289 g/mol. The zero-order chi connectivity index (χ0) is 14.9. The summed E-state index contributed by atoms with van der Waals surface area (Å²) in [7, 11) is 1.57. The molecule has 0 heterocycles. The lowest BCUT2D eigenvalue weighted by Crippen LogP contribution is -2.40. The lowest BCUT2D eigenvalue weighted by molar-refractivity contribution is -0.230. The second-order valence-corrected chi connectivity index (χ2v) is 4.99. The van der Waals surface area contributed by atoms with Gasteiger partial charge in [-0.3, -0.25) is 0 Å². The normalized spacial score (nSPS) is 24.1. The molecule has 2 N–H and O–H groups in total. The van der Waals surface area contributed by atoms with Gasteiger partial charge in [0.05, 0.1) is 19.3 Å². The van der Waals surface area contributed by atoms with Crippen LogP contribution in [-0.2, 0) is 11.2 Å². The van der Waals surface area contributed by atoms with Crippen LogP contribution in [0.5, 0.6) is 5.75 Å². The third-order valence-electron chi connectivity index (χ3n) is 3.65. The van der Waals surface area contributed by atoms with Crippen LogP contribution in [0, 0.1) is 0 Å². The Morgan fingerprint density at radius 1 is 1.35 bits per heavy atom. The standard InChI is InChI=1S/C14H18F3NO2/c1-8(14(15,16)17)20-12-6-3-9-7-10(19-2)4-5-11(9)13(12)18/h4-5,7-8,12-13H,3,6,18H2,1-2H3. The van der Waals surface area contributed by atoms with Gasteiger partial charge in [-0.25, -0.2) is 0 Å². The molecule has 112 valence electrons. The number of ether oxygens (including phenoxy) is 2. The maximum Gasteiger partial charge on any atom is 0.414 e. The number of hydrogen-bond donors (Lipinski definition) is 1.